The zero-order valence-corrected chi connectivity index (χ0v) is 18.5. The monoisotopic (exact) mass is 412 g/mol. The third-order valence-corrected chi connectivity index (χ3v) is 5.61. The van der Waals surface area contributed by atoms with Gasteiger partial charge in [0.1, 0.15) is 6.04 Å². The Hall–Kier alpha value is -2.27. The molecule has 0 radical (unpaired) electrons. The highest BCUT2D eigenvalue weighted by atomic mass is 32.2. The van der Waals surface area contributed by atoms with E-state index in [1.54, 1.807) is 16.7 Å². The van der Waals surface area contributed by atoms with Crippen LogP contribution in [-0.4, -0.2) is 35.1 Å². The highest BCUT2D eigenvalue weighted by Gasteiger charge is 2.28. The van der Waals surface area contributed by atoms with E-state index in [1.165, 1.54) is 0 Å². The van der Waals surface area contributed by atoms with Crippen LogP contribution >= 0.6 is 11.8 Å². The van der Waals surface area contributed by atoms with Gasteiger partial charge < -0.3 is 10.2 Å². The Bertz CT molecular complexity index is 750. The predicted molar refractivity (Wildman–Crippen MR) is 121 cm³/mol. The number of carbonyl (C=O) groups excluding carboxylic acids is 2. The minimum absolute atomic E-state index is 0.0174. The van der Waals surface area contributed by atoms with Gasteiger partial charge in [-0.3, -0.25) is 9.59 Å². The lowest BCUT2D eigenvalue weighted by Gasteiger charge is -2.31. The molecule has 2 rings (SSSR count). The molecule has 2 amide bonds. The van der Waals surface area contributed by atoms with Crippen LogP contribution in [0.1, 0.15) is 39.2 Å². The molecule has 1 N–H and O–H groups in total. The molecule has 5 heteroatoms. The molecule has 29 heavy (non-hydrogen) atoms. The predicted octanol–water partition coefficient (Wildman–Crippen LogP) is 4.75. The molecule has 0 spiro atoms. The molecule has 0 aliphatic rings. The number of amides is 2. The first-order valence-electron chi connectivity index (χ1n) is 10.3. The summed E-state index contributed by atoms with van der Waals surface area (Å²) in [6.07, 6.45) is 0.995. The normalized spacial score (nSPS) is 11.9. The average Bonchev–Trinajstić information content (AvgIpc) is 2.73. The van der Waals surface area contributed by atoms with Crippen molar-refractivity contribution in [1.29, 1.82) is 0 Å². The van der Waals surface area contributed by atoms with Crippen LogP contribution in [0.15, 0.2) is 65.6 Å². The van der Waals surface area contributed by atoms with E-state index in [4.69, 9.17) is 0 Å². The van der Waals surface area contributed by atoms with Crippen LogP contribution in [0.3, 0.4) is 0 Å². The Morgan fingerprint density at radius 2 is 1.62 bits per heavy atom. The van der Waals surface area contributed by atoms with E-state index in [1.807, 2.05) is 67.6 Å². The SMILES string of the molecule is CCC(C(=O)NCC(C)C)N(Cc1ccccc1)C(=O)CCSc1ccccc1. The van der Waals surface area contributed by atoms with Crippen molar-refractivity contribution in [2.45, 2.75) is 51.1 Å². The molecular formula is C24H32N2O2S. The second kappa shape index (κ2) is 12.3. The van der Waals surface area contributed by atoms with Crippen molar-refractivity contribution >= 4 is 23.6 Å². The molecule has 1 atom stereocenters. The van der Waals surface area contributed by atoms with Gasteiger partial charge in [-0.25, -0.2) is 0 Å². The molecule has 4 nitrogen and oxygen atoms in total. The number of hydrogen-bond donors (Lipinski definition) is 1. The van der Waals surface area contributed by atoms with Gasteiger partial charge in [-0.2, -0.15) is 0 Å². The standard InChI is InChI=1S/C24H32N2O2S/c1-4-22(24(28)25-17-19(2)3)26(18-20-11-7-5-8-12-20)23(27)15-16-29-21-13-9-6-10-14-21/h5-14,19,22H,4,15-18H2,1-3H3,(H,25,28). The summed E-state index contributed by atoms with van der Waals surface area (Å²) in [5.41, 5.74) is 1.03. The summed E-state index contributed by atoms with van der Waals surface area (Å²) >= 11 is 1.67. The minimum atomic E-state index is -0.455. The Labute approximate surface area is 179 Å². The lowest BCUT2D eigenvalue weighted by Crippen LogP contribution is -2.49. The summed E-state index contributed by atoms with van der Waals surface area (Å²) in [5, 5.41) is 3.00. The van der Waals surface area contributed by atoms with Crippen molar-refractivity contribution in [3.63, 3.8) is 0 Å². The second-order valence-corrected chi connectivity index (χ2v) is 8.65. The molecule has 0 aliphatic carbocycles. The molecule has 0 saturated heterocycles. The van der Waals surface area contributed by atoms with Gasteiger partial charge in [-0.05, 0) is 30.0 Å². The van der Waals surface area contributed by atoms with Crippen LogP contribution in [0.2, 0.25) is 0 Å². The second-order valence-electron chi connectivity index (χ2n) is 7.48. The third kappa shape index (κ3) is 7.94. The highest BCUT2D eigenvalue weighted by Crippen LogP contribution is 2.20. The van der Waals surface area contributed by atoms with E-state index >= 15 is 0 Å². The lowest BCUT2D eigenvalue weighted by molar-refractivity contribution is -0.141. The Balaban J connectivity index is 2.07. The van der Waals surface area contributed by atoms with Gasteiger partial charge >= 0.3 is 0 Å². The van der Waals surface area contributed by atoms with Crippen LogP contribution in [0.4, 0.5) is 0 Å². The highest BCUT2D eigenvalue weighted by molar-refractivity contribution is 7.99. The first kappa shape index (κ1) is 23.0. The summed E-state index contributed by atoms with van der Waals surface area (Å²) in [6.45, 7) is 7.16. The summed E-state index contributed by atoms with van der Waals surface area (Å²) in [5.74, 6) is 1.01. The van der Waals surface area contributed by atoms with Crippen molar-refractivity contribution in [1.82, 2.24) is 10.2 Å². The molecule has 156 valence electrons. The fraction of sp³-hybridized carbons (Fsp3) is 0.417. The van der Waals surface area contributed by atoms with E-state index in [2.05, 4.69) is 19.2 Å². The van der Waals surface area contributed by atoms with Crippen LogP contribution in [0.5, 0.6) is 0 Å². The molecule has 0 bridgehead atoms. The first-order valence-corrected chi connectivity index (χ1v) is 11.3. The summed E-state index contributed by atoms with van der Waals surface area (Å²) in [4.78, 5) is 28.8. The van der Waals surface area contributed by atoms with Gasteiger partial charge in [0.25, 0.3) is 0 Å². The van der Waals surface area contributed by atoms with Gasteiger partial charge in [-0.1, -0.05) is 69.3 Å². The maximum atomic E-state index is 13.1. The average molecular weight is 413 g/mol. The summed E-state index contributed by atoms with van der Waals surface area (Å²) in [7, 11) is 0. The van der Waals surface area contributed by atoms with Crippen molar-refractivity contribution in [3.05, 3.63) is 66.2 Å². The van der Waals surface area contributed by atoms with E-state index < -0.39 is 6.04 Å². The quantitative estimate of drug-likeness (QED) is 0.542. The Kier molecular flexibility index (Phi) is 9.78. The number of nitrogens with zero attached hydrogens (tertiary/aromatic N) is 1. The van der Waals surface area contributed by atoms with E-state index in [9.17, 15) is 9.59 Å². The topological polar surface area (TPSA) is 49.4 Å². The molecule has 0 fully saturated rings. The number of hydrogen-bond acceptors (Lipinski definition) is 3. The molecule has 0 heterocycles. The number of thioether (sulfide) groups is 1. The number of nitrogens with one attached hydrogen (secondary N) is 1. The largest absolute Gasteiger partial charge is 0.354 e. The van der Waals surface area contributed by atoms with Crippen LogP contribution in [0.25, 0.3) is 0 Å². The summed E-state index contributed by atoms with van der Waals surface area (Å²) in [6, 6.07) is 19.5. The van der Waals surface area contributed by atoms with Crippen LogP contribution in [-0.2, 0) is 16.1 Å². The van der Waals surface area contributed by atoms with Crippen LogP contribution < -0.4 is 5.32 Å². The number of rotatable bonds is 11. The van der Waals surface area contributed by atoms with Crippen LogP contribution in [0, 0.1) is 5.92 Å². The van der Waals surface area contributed by atoms with Gasteiger partial charge in [0.15, 0.2) is 0 Å². The maximum absolute atomic E-state index is 13.1. The van der Waals surface area contributed by atoms with E-state index in [-0.39, 0.29) is 11.8 Å². The molecule has 1 unspecified atom stereocenters. The fourth-order valence-corrected chi connectivity index (χ4v) is 3.90. The lowest BCUT2D eigenvalue weighted by atomic mass is 10.1. The molecular weight excluding hydrogens is 380 g/mol. The smallest absolute Gasteiger partial charge is 0.242 e. The van der Waals surface area contributed by atoms with Gasteiger partial charge in [0.2, 0.25) is 11.8 Å². The zero-order chi connectivity index (χ0) is 21.1. The summed E-state index contributed by atoms with van der Waals surface area (Å²) < 4.78 is 0. The number of benzene rings is 2. The van der Waals surface area contributed by atoms with Crippen molar-refractivity contribution < 1.29 is 9.59 Å². The third-order valence-electron chi connectivity index (χ3n) is 4.59. The zero-order valence-electron chi connectivity index (χ0n) is 17.6. The van der Waals surface area contributed by atoms with Crippen molar-refractivity contribution in [2.24, 2.45) is 5.92 Å². The Morgan fingerprint density at radius 1 is 1.00 bits per heavy atom. The Morgan fingerprint density at radius 3 is 2.21 bits per heavy atom. The molecule has 0 saturated carbocycles. The van der Waals surface area contributed by atoms with Crippen molar-refractivity contribution in [3.8, 4) is 0 Å². The molecule has 2 aromatic rings. The van der Waals surface area contributed by atoms with Gasteiger partial charge in [-0.15, -0.1) is 11.8 Å². The number of carbonyl (C=O) groups is 2. The molecule has 0 aliphatic heterocycles. The molecule has 0 aromatic heterocycles. The maximum Gasteiger partial charge on any atom is 0.242 e. The fourth-order valence-electron chi connectivity index (χ4n) is 3.04. The van der Waals surface area contributed by atoms with E-state index in [0.717, 1.165) is 10.5 Å². The molecule has 2 aromatic carbocycles. The minimum Gasteiger partial charge on any atom is -0.354 e. The van der Waals surface area contributed by atoms with Gasteiger partial charge in [0.05, 0.1) is 0 Å². The van der Waals surface area contributed by atoms with Crippen molar-refractivity contribution in [2.75, 3.05) is 12.3 Å². The van der Waals surface area contributed by atoms with Gasteiger partial charge in [0, 0.05) is 30.2 Å². The van der Waals surface area contributed by atoms with E-state index in [0.29, 0.717) is 37.6 Å². The first-order chi connectivity index (χ1) is 14.0.